The smallest absolute Gasteiger partial charge is 0.0580 e. The molecule has 0 saturated heterocycles. The van der Waals surface area contributed by atoms with E-state index in [0.717, 1.165) is 12.8 Å². The van der Waals surface area contributed by atoms with Gasteiger partial charge < -0.3 is 10.5 Å². The molecule has 0 aliphatic heterocycles. The summed E-state index contributed by atoms with van der Waals surface area (Å²) < 4.78 is 6.22. The molecular weight excluding hydrogens is 198 g/mol. The van der Waals surface area contributed by atoms with Crippen molar-refractivity contribution in [1.29, 1.82) is 0 Å². The third kappa shape index (κ3) is 3.46. The van der Waals surface area contributed by atoms with Crippen molar-refractivity contribution in [1.82, 2.24) is 0 Å². The molecule has 0 atom stereocenters. The summed E-state index contributed by atoms with van der Waals surface area (Å²) in [5.74, 6) is 0. The Balaban J connectivity index is 1.71. The van der Waals surface area contributed by atoms with Crippen molar-refractivity contribution in [3.8, 4) is 0 Å². The topological polar surface area (TPSA) is 35.2 Å². The molecular formula is C14H27NO. The maximum Gasteiger partial charge on any atom is 0.0580 e. The highest BCUT2D eigenvalue weighted by Crippen LogP contribution is 2.37. The molecule has 0 unspecified atom stereocenters. The molecule has 0 heterocycles. The molecule has 2 heteroatoms. The van der Waals surface area contributed by atoms with E-state index in [4.69, 9.17) is 10.5 Å². The van der Waals surface area contributed by atoms with Crippen LogP contribution in [0.15, 0.2) is 0 Å². The van der Waals surface area contributed by atoms with E-state index in [1.54, 1.807) is 0 Å². The normalized spacial score (nSPS) is 36.2. The third-order valence-electron chi connectivity index (χ3n) is 4.39. The van der Waals surface area contributed by atoms with Crippen molar-refractivity contribution in [2.75, 3.05) is 0 Å². The summed E-state index contributed by atoms with van der Waals surface area (Å²) in [6.07, 6.45) is 10.9. The number of rotatable bonds is 2. The van der Waals surface area contributed by atoms with Crippen molar-refractivity contribution in [3.63, 3.8) is 0 Å². The van der Waals surface area contributed by atoms with E-state index in [0.29, 0.717) is 23.7 Å². The minimum atomic E-state index is 0.435. The van der Waals surface area contributed by atoms with Crippen LogP contribution in [0.4, 0.5) is 0 Å². The second kappa shape index (κ2) is 5.05. The molecule has 2 N–H and O–H groups in total. The van der Waals surface area contributed by atoms with E-state index < -0.39 is 0 Å². The van der Waals surface area contributed by atoms with Gasteiger partial charge in [-0.2, -0.15) is 0 Å². The van der Waals surface area contributed by atoms with Gasteiger partial charge in [-0.3, -0.25) is 0 Å². The minimum Gasteiger partial charge on any atom is -0.375 e. The Morgan fingerprint density at radius 1 is 0.875 bits per heavy atom. The maximum atomic E-state index is 6.22. The molecule has 0 radical (unpaired) electrons. The fourth-order valence-electron chi connectivity index (χ4n) is 3.01. The van der Waals surface area contributed by atoms with Gasteiger partial charge >= 0.3 is 0 Å². The summed E-state index contributed by atoms with van der Waals surface area (Å²) in [7, 11) is 0. The number of ether oxygens (including phenoxy) is 1. The van der Waals surface area contributed by atoms with Gasteiger partial charge in [-0.15, -0.1) is 0 Å². The Bertz CT molecular complexity index is 209. The second-order valence-corrected chi connectivity index (χ2v) is 6.54. The molecule has 2 aliphatic rings. The predicted molar refractivity (Wildman–Crippen MR) is 67.4 cm³/mol. The van der Waals surface area contributed by atoms with Gasteiger partial charge in [-0.25, -0.2) is 0 Å². The lowest BCUT2D eigenvalue weighted by Gasteiger charge is -2.37. The highest BCUT2D eigenvalue weighted by atomic mass is 16.5. The molecule has 0 aromatic carbocycles. The second-order valence-electron chi connectivity index (χ2n) is 6.54. The predicted octanol–water partition coefficient (Wildman–Crippen LogP) is 3.24. The SMILES string of the molecule is CC1(C)CCC(O[C@H]2CC[C@H](N)CC2)CC1. The van der Waals surface area contributed by atoms with E-state index in [2.05, 4.69) is 13.8 Å². The van der Waals surface area contributed by atoms with Gasteiger partial charge in [0.25, 0.3) is 0 Å². The van der Waals surface area contributed by atoms with Crippen molar-refractivity contribution in [2.24, 2.45) is 11.1 Å². The van der Waals surface area contributed by atoms with Crippen LogP contribution in [0.3, 0.4) is 0 Å². The number of hydrogen-bond donors (Lipinski definition) is 1. The summed E-state index contributed by atoms with van der Waals surface area (Å²) in [4.78, 5) is 0. The van der Waals surface area contributed by atoms with Gasteiger partial charge in [-0.1, -0.05) is 13.8 Å². The lowest BCUT2D eigenvalue weighted by atomic mass is 9.76. The maximum absolute atomic E-state index is 6.22. The van der Waals surface area contributed by atoms with Crippen LogP contribution in [0.1, 0.15) is 65.2 Å². The summed E-state index contributed by atoms with van der Waals surface area (Å²) in [5.41, 5.74) is 6.46. The summed E-state index contributed by atoms with van der Waals surface area (Å²) in [5, 5.41) is 0. The van der Waals surface area contributed by atoms with Crippen molar-refractivity contribution in [3.05, 3.63) is 0 Å². The average molecular weight is 225 g/mol. The van der Waals surface area contributed by atoms with Gasteiger partial charge in [0.1, 0.15) is 0 Å². The number of nitrogens with two attached hydrogens (primary N) is 1. The summed E-state index contributed by atoms with van der Waals surface area (Å²) >= 11 is 0. The van der Waals surface area contributed by atoms with Crippen LogP contribution < -0.4 is 5.73 Å². The fraction of sp³-hybridized carbons (Fsp3) is 1.00. The van der Waals surface area contributed by atoms with E-state index in [-0.39, 0.29) is 0 Å². The molecule has 2 rings (SSSR count). The molecule has 94 valence electrons. The highest BCUT2D eigenvalue weighted by Gasteiger charge is 2.29. The van der Waals surface area contributed by atoms with Crippen LogP contribution in [0, 0.1) is 5.41 Å². The van der Waals surface area contributed by atoms with Gasteiger partial charge in [-0.05, 0) is 56.8 Å². The van der Waals surface area contributed by atoms with Gasteiger partial charge in [0.15, 0.2) is 0 Å². The first kappa shape index (κ1) is 12.4. The molecule has 2 saturated carbocycles. The van der Waals surface area contributed by atoms with Crippen molar-refractivity contribution >= 4 is 0 Å². The fourth-order valence-corrected chi connectivity index (χ4v) is 3.01. The quantitative estimate of drug-likeness (QED) is 0.783. The summed E-state index contributed by atoms with van der Waals surface area (Å²) in [6.45, 7) is 4.76. The molecule has 2 aliphatic carbocycles. The van der Waals surface area contributed by atoms with Crippen molar-refractivity contribution in [2.45, 2.75) is 83.5 Å². The first-order chi connectivity index (χ1) is 7.55. The third-order valence-corrected chi connectivity index (χ3v) is 4.39. The Labute approximate surface area is 99.9 Å². The van der Waals surface area contributed by atoms with E-state index >= 15 is 0 Å². The highest BCUT2D eigenvalue weighted by molar-refractivity contribution is 4.81. The lowest BCUT2D eigenvalue weighted by Crippen LogP contribution is -2.34. The number of hydrogen-bond acceptors (Lipinski definition) is 2. The molecule has 0 bridgehead atoms. The Morgan fingerprint density at radius 3 is 1.94 bits per heavy atom. The molecule has 2 nitrogen and oxygen atoms in total. The molecule has 2 fully saturated rings. The monoisotopic (exact) mass is 225 g/mol. The minimum absolute atomic E-state index is 0.435. The zero-order chi connectivity index (χ0) is 11.6. The lowest BCUT2D eigenvalue weighted by molar-refractivity contribution is -0.0598. The van der Waals surface area contributed by atoms with E-state index in [1.807, 2.05) is 0 Å². The van der Waals surface area contributed by atoms with Gasteiger partial charge in [0, 0.05) is 6.04 Å². The van der Waals surface area contributed by atoms with Crippen LogP contribution >= 0.6 is 0 Å². The molecule has 0 aromatic heterocycles. The van der Waals surface area contributed by atoms with Crippen molar-refractivity contribution < 1.29 is 4.74 Å². The zero-order valence-corrected chi connectivity index (χ0v) is 10.9. The van der Waals surface area contributed by atoms with Gasteiger partial charge in [0.05, 0.1) is 12.2 Å². The first-order valence-corrected chi connectivity index (χ1v) is 6.96. The first-order valence-electron chi connectivity index (χ1n) is 6.96. The molecule has 0 amide bonds. The Morgan fingerprint density at radius 2 is 1.38 bits per heavy atom. The Kier molecular flexibility index (Phi) is 3.91. The zero-order valence-electron chi connectivity index (χ0n) is 10.9. The molecule has 16 heavy (non-hydrogen) atoms. The van der Waals surface area contributed by atoms with E-state index in [9.17, 15) is 0 Å². The largest absolute Gasteiger partial charge is 0.375 e. The van der Waals surface area contributed by atoms with Crippen LogP contribution in [-0.4, -0.2) is 18.2 Å². The van der Waals surface area contributed by atoms with Crippen LogP contribution in [-0.2, 0) is 4.74 Å². The molecule has 0 aromatic rings. The average Bonchev–Trinajstić information content (AvgIpc) is 2.24. The molecule has 0 spiro atoms. The standard InChI is InChI=1S/C14H27NO/c1-14(2)9-7-13(8-10-14)16-12-5-3-11(15)4-6-12/h11-13H,3-10,15H2,1-2H3/t11-,12-. The van der Waals surface area contributed by atoms with Crippen LogP contribution in [0.5, 0.6) is 0 Å². The van der Waals surface area contributed by atoms with Crippen LogP contribution in [0.2, 0.25) is 0 Å². The van der Waals surface area contributed by atoms with Crippen LogP contribution in [0.25, 0.3) is 0 Å². The van der Waals surface area contributed by atoms with Gasteiger partial charge in [0.2, 0.25) is 0 Å². The summed E-state index contributed by atoms with van der Waals surface area (Å²) in [6, 6.07) is 0.435. The van der Waals surface area contributed by atoms with E-state index in [1.165, 1.54) is 38.5 Å². The Hall–Kier alpha value is -0.0800.